The summed E-state index contributed by atoms with van der Waals surface area (Å²) in [7, 11) is 0. The summed E-state index contributed by atoms with van der Waals surface area (Å²) in [6, 6.07) is 6.74. The molecule has 2 N–H and O–H groups in total. The average molecular weight is 377 g/mol. The zero-order valence-electron chi connectivity index (χ0n) is 13.8. The van der Waals surface area contributed by atoms with Crippen LogP contribution in [0.3, 0.4) is 0 Å². The molecule has 10 heteroatoms. The number of halogens is 3. The van der Waals surface area contributed by atoms with E-state index < -0.39 is 17.7 Å². The number of pyridine rings is 2. The lowest BCUT2D eigenvalue weighted by Crippen LogP contribution is -2.06. The van der Waals surface area contributed by atoms with E-state index in [1.807, 2.05) is 0 Å². The Balaban J connectivity index is 1.77. The van der Waals surface area contributed by atoms with Crippen LogP contribution in [0.2, 0.25) is 0 Å². The van der Waals surface area contributed by atoms with Crippen molar-refractivity contribution in [2.75, 3.05) is 5.32 Å². The van der Waals surface area contributed by atoms with Crippen molar-refractivity contribution >= 4 is 17.6 Å². The van der Waals surface area contributed by atoms with Gasteiger partial charge in [-0.1, -0.05) is 6.07 Å². The van der Waals surface area contributed by atoms with Crippen LogP contribution in [0, 0.1) is 0 Å². The number of carboxylic acids is 1. The van der Waals surface area contributed by atoms with Crippen molar-refractivity contribution in [1.82, 2.24) is 19.5 Å². The van der Waals surface area contributed by atoms with Crippen molar-refractivity contribution < 1.29 is 23.1 Å². The van der Waals surface area contributed by atoms with Gasteiger partial charge in [0.05, 0.1) is 17.7 Å². The van der Waals surface area contributed by atoms with Gasteiger partial charge >= 0.3 is 12.1 Å². The van der Waals surface area contributed by atoms with Crippen molar-refractivity contribution in [2.24, 2.45) is 0 Å². The molecule has 0 aromatic carbocycles. The van der Waals surface area contributed by atoms with Crippen LogP contribution in [-0.4, -0.2) is 30.6 Å². The van der Waals surface area contributed by atoms with E-state index >= 15 is 0 Å². The molecule has 0 aliphatic heterocycles. The van der Waals surface area contributed by atoms with Gasteiger partial charge in [-0.25, -0.2) is 15.0 Å². The van der Waals surface area contributed by atoms with Crippen LogP contribution in [0.25, 0.3) is 5.82 Å². The molecule has 7 nitrogen and oxygen atoms in total. The molecule has 0 saturated carbocycles. The van der Waals surface area contributed by atoms with Crippen LogP contribution in [0.5, 0.6) is 0 Å². The fourth-order valence-electron chi connectivity index (χ4n) is 2.30. The van der Waals surface area contributed by atoms with Gasteiger partial charge < -0.3 is 10.4 Å². The molecule has 0 fully saturated rings. The summed E-state index contributed by atoms with van der Waals surface area (Å²) < 4.78 is 40.0. The lowest BCUT2D eigenvalue weighted by molar-refractivity contribution is -0.138. The first-order valence-corrected chi connectivity index (χ1v) is 7.83. The standard InChI is InChI=1S/C17H14F3N5O2/c18-17(19,20)11-6-7-21-14(8-11)23-13-2-1-3-15(24-13)25-9-12(22-10-25)4-5-16(26)27/h1-3,6-10H,4-5H2,(H,26,27)(H,21,23,24). The number of aliphatic carboxylic acids is 1. The van der Waals surface area contributed by atoms with Crippen molar-refractivity contribution in [1.29, 1.82) is 0 Å². The van der Waals surface area contributed by atoms with Crippen LogP contribution < -0.4 is 5.32 Å². The highest BCUT2D eigenvalue weighted by Gasteiger charge is 2.30. The summed E-state index contributed by atoms with van der Waals surface area (Å²) >= 11 is 0. The number of carboxylic acid groups (broad SMARTS) is 1. The highest BCUT2D eigenvalue weighted by molar-refractivity contribution is 5.66. The predicted molar refractivity (Wildman–Crippen MR) is 89.8 cm³/mol. The minimum atomic E-state index is -4.46. The molecule has 27 heavy (non-hydrogen) atoms. The number of anilines is 2. The van der Waals surface area contributed by atoms with E-state index in [9.17, 15) is 18.0 Å². The van der Waals surface area contributed by atoms with E-state index in [2.05, 4.69) is 20.3 Å². The molecule has 0 amide bonds. The molecule has 0 unspecified atom stereocenters. The van der Waals surface area contributed by atoms with Gasteiger partial charge in [0.2, 0.25) is 0 Å². The number of aryl methyl sites for hydroxylation is 1. The van der Waals surface area contributed by atoms with Gasteiger partial charge in [0, 0.05) is 18.8 Å². The van der Waals surface area contributed by atoms with Crippen molar-refractivity contribution in [3.05, 3.63) is 60.3 Å². The third kappa shape index (κ3) is 4.81. The number of alkyl halides is 3. The number of hydrogen-bond acceptors (Lipinski definition) is 5. The maximum Gasteiger partial charge on any atom is 0.416 e. The minimum Gasteiger partial charge on any atom is -0.481 e. The van der Waals surface area contributed by atoms with Gasteiger partial charge in [-0.3, -0.25) is 9.36 Å². The first-order chi connectivity index (χ1) is 12.8. The summed E-state index contributed by atoms with van der Waals surface area (Å²) in [5.41, 5.74) is -0.217. The van der Waals surface area contributed by atoms with Gasteiger partial charge in [-0.15, -0.1) is 0 Å². The van der Waals surface area contributed by atoms with Gasteiger partial charge in [-0.2, -0.15) is 13.2 Å². The van der Waals surface area contributed by atoms with E-state index in [0.717, 1.165) is 18.3 Å². The molecule has 0 bridgehead atoms. The molecule has 3 rings (SSSR count). The first kappa shape index (κ1) is 18.4. The lowest BCUT2D eigenvalue weighted by Gasteiger charge is -2.10. The molecule has 0 atom stereocenters. The van der Waals surface area contributed by atoms with Gasteiger partial charge in [0.15, 0.2) is 0 Å². The Morgan fingerprint density at radius 1 is 1.19 bits per heavy atom. The summed E-state index contributed by atoms with van der Waals surface area (Å²) in [6.07, 6.45) is 0.00247. The van der Waals surface area contributed by atoms with Crippen molar-refractivity contribution in [3.8, 4) is 5.82 Å². The normalized spacial score (nSPS) is 11.4. The van der Waals surface area contributed by atoms with Crippen LogP contribution in [0.4, 0.5) is 24.8 Å². The molecule has 0 radical (unpaired) electrons. The molecular weight excluding hydrogens is 363 g/mol. The SMILES string of the molecule is O=C(O)CCc1cn(-c2cccc(Nc3cc(C(F)(F)F)ccn3)n2)cn1. The van der Waals surface area contributed by atoms with E-state index in [-0.39, 0.29) is 18.7 Å². The van der Waals surface area contributed by atoms with Crippen molar-refractivity contribution in [3.63, 3.8) is 0 Å². The molecule has 3 aromatic rings. The Labute approximate surface area is 151 Å². The number of rotatable bonds is 6. The highest BCUT2D eigenvalue weighted by Crippen LogP contribution is 2.30. The van der Waals surface area contributed by atoms with E-state index in [1.54, 1.807) is 29.0 Å². The Morgan fingerprint density at radius 3 is 2.74 bits per heavy atom. The quantitative estimate of drug-likeness (QED) is 0.684. The van der Waals surface area contributed by atoms with Crippen LogP contribution >= 0.6 is 0 Å². The van der Waals surface area contributed by atoms with E-state index in [4.69, 9.17) is 5.11 Å². The Kier molecular flexibility index (Phi) is 5.06. The maximum atomic E-state index is 12.8. The molecule has 0 aliphatic rings. The molecule has 0 spiro atoms. The summed E-state index contributed by atoms with van der Waals surface area (Å²) in [5.74, 6) is -0.120. The monoisotopic (exact) mass is 377 g/mol. The molecule has 3 heterocycles. The number of nitrogens with one attached hydrogen (secondary N) is 1. The van der Waals surface area contributed by atoms with Gasteiger partial charge in [-0.05, 0) is 24.3 Å². The number of hydrogen-bond donors (Lipinski definition) is 2. The van der Waals surface area contributed by atoms with Gasteiger partial charge in [0.1, 0.15) is 23.8 Å². The fraction of sp³-hybridized carbons (Fsp3) is 0.176. The smallest absolute Gasteiger partial charge is 0.416 e. The van der Waals surface area contributed by atoms with E-state index in [0.29, 0.717) is 17.3 Å². The predicted octanol–water partition coefficient (Wildman–Crippen LogP) is 3.44. The summed E-state index contributed by atoms with van der Waals surface area (Å²) in [6.45, 7) is 0. The zero-order chi connectivity index (χ0) is 19.4. The second kappa shape index (κ2) is 7.44. The van der Waals surface area contributed by atoms with Crippen LogP contribution in [0.15, 0.2) is 49.1 Å². The first-order valence-electron chi connectivity index (χ1n) is 7.83. The minimum absolute atomic E-state index is 0.0160. The summed E-state index contributed by atoms with van der Waals surface area (Å²) in [5, 5.41) is 11.5. The number of imidazole rings is 1. The topological polar surface area (TPSA) is 92.9 Å². The third-order valence-electron chi connectivity index (χ3n) is 3.57. The maximum absolute atomic E-state index is 12.8. The molecule has 0 saturated heterocycles. The number of carbonyl (C=O) groups is 1. The van der Waals surface area contributed by atoms with Crippen LogP contribution in [0.1, 0.15) is 17.7 Å². The largest absolute Gasteiger partial charge is 0.481 e. The molecule has 3 aromatic heterocycles. The van der Waals surface area contributed by atoms with Gasteiger partial charge in [0.25, 0.3) is 0 Å². The zero-order valence-corrected chi connectivity index (χ0v) is 13.8. The number of aromatic nitrogens is 4. The Morgan fingerprint density at radius 2 is 2.00 bits per heavy atom. The molecule has 140 valence electrons. The third-order valence-corrected chi connectivity index (χ3v) is 3.57. The number of nitrogens with zero attached hydrogens (tertiary/aromatic N) is 4. The fourth-order valence-corrected chi connectivity index (χ4v) is 2.30. The molecular formula is C17H14F3N5O2. The molecule has 0 aliphatic carbocycles. The Bertz CT molecular complexity index is 955. The highest BCUT2D eigenvalue weighted by atomic mass is 19.4. The Hall–Kier alpha value is -3.43. The second-order valence-electron chi connectivity index (χ2n) is 5.60. The van der Waals surface area contributed by atoms with Crippen molar-refractivity contribution in [2.45, 2.75) is 19.0 Å². The average Bonchev–Trinajstić information content (AvgIpc) is 3.09. The summed E-state index contributed by atoms with van der Waals surface area (Å²) in [4.78, 5) is 22.9. The van der Waals surface area contributed by atoms with E-state index in [1.165, 1.54) is 6.33 Å². The second-order valence-corrected chi connectivity index (χ2v) is 5.60. The lowest BCUT2D eigenvalue weighted by atomic mass is 10.2. The van der Waals surface area contributed by atoms with Crippen LogP contribution in [-0.2, 0) is 17.4 Å².